The highest BCUT2D eigenvalue weighted by atomic mass is 32.2. The van der Waals surface area contributed by atoms with E-state index in [4.69, 9.17) is 9.47 Å². The summed E-state index contributed by atoms with van der Waals surface area (Å²) in [6.07, 6.45) is -1.66. The van der Waals surface area contributed by atoms with Crippen LogP contribution in [0.4, 0.5) is 0 Å². The molecule has 1 amide bonds. The quantitative estimate of drug-likeness (QED) is 0.512. The van der Waals surface area contributed by atoms with Gasteiger partial charge in [0, 0.05) is 5.75 Å². The van der Waals surface area contributed by atoms with Crippen LogP contribution in [0.2, 0.25) is 0 Å². The fourth-order valence-corrected chi connectivity index (χ4v) is 4.05. The number of hydrogen-bond donors (Lipinski definition) is 2. The minimum absolute atomic E-state index is 0.0905. The second-order valence-electron chi connectivity index (χ2n) is 6.10. The molecule has 5 atom stereocenters. The smallest absolute Gasteiger partial charge is 0.294 e. The fourth-order valence-electron chi connectivity index (χ4n) is 3.01. The molecule has 0 aromatic heterocycles. The molecule has 0 aromatic rings. The van der Waals surface area contributed by atoms with Gasteiger partial charge in [-0.25, -0.2) is 0 Å². The van der Waals surface area contributed by atoms with Crippen molar-refractivity contribution in [1.29, 1.82) is 0 Å². The van der Waals surface area contributed by atoms with Crippen LogP contribution in [0.3, 0.4) is 0 Å². The van der Waals surface area contributed by atoms with Gasteiger partial charge in [-0.15, -0.1) is 21.9 Å². The van der Waals surface area contributed by atoms with Crippen LogP contribution >= 0.6 is 11.8 Å². The second kappa shape index (κ2) is 5.84. The molecular weight excluding hydrogens is 314 g/mol. The monoisotopic (exact) mass is 333 g/mol. The summed E-state index contributed by atoms with van der Waals surface area (Å²) in [6, 6.07) is -0.570. The third kappa shape index (κ3) is 3.14. The lowest BCUT2D eigenvalue weighted by molar-refractivity contribution is -0.769. The van der Waals surface area contributed by atoms with Gasteiger partial charge in [-0.05, 0) is 13.8 Å². The van der Waals surface area contributed by atoms with E-state index in [0.717, 1.165) is 0 Å². The van der Waals surface area contributed by atoms with Gasteiger partial charge >= 0.3 is 0 Å². The number of thioether (sulfide) groups is 1. The van der Waals surface area contributed by atoms with Crippen molar-refractivity contribution >= 4 is 17.7 Å². The minimum Gasteiger partial charge on any atom is -0.371 e. The normalized spacial score (nSPS) is 39.5. The molecular formula is C12H19N3O6S. The van der Waals surface area contributed by atoms with Crippen molar-refractivity contribution in [3.05, 3.63) is 10.1 Å². The van der Waals surface area contributed by atoms with E-state index in [1.807, 2.05) is 13.8 Å². The van der Waals surface area contributed by atoms with Crippen molar-refractivity contribution in [2.24, 2.45) is 0 Å². The number of amides is 1. The van der Waals surface area contributed by atoms with Crippen molar-refractivity contribution in [2.75, 3.05) is 19.0 Å². The summed E-state index contributed by atoms with van der Waals surface area (Å²) in [6.45, 7) is 4.41. The first-order chi connectivity index (χ1) is 10.4. The van der Waals surface area contributed by atoms with Crippen LogP contribution in [0.5, 0.6) is 0 Å². The Labute approximate surface area is 131 Å². The van der Waals surface area contributed by atoms with Gasteiger partial charge < -0.3 is 19.6 Å². The Kier molecular flexibility index (Phi) is 4.19. The number of nitrogens with one attached hydrogen (secondary N) is 2. The number of ether oxygens (including phenoxy) is 2. The molecule has 0 spiro atoms. The molecule has 3 rings (SSSR count). The molecule has 3 saturated heterocycles. The molecule has 124 valence electrons. The van der Waals surface area contributed by atoms with E-state index in [9.17, 15) is 14.9 Å². The number of rotatable bonds is 4. The average Bonchev–Trinajstić information content (AvgIpc) is 3.07. The number of carbonyl (C=O) groups is 1. The molecule has 0 saturated carbocycles. The number of hydrogen-bond acceptors (Lipinski definition) is 8. The molecule has 3 fully saturated rings. The maximum Gasteiger partial charge on any atom is 0.294 e. The van der Waals surface area contributed by atoms with Gasteiger partial charge in [0.15, 0.2) is 6.10 Å². The Morgan fingerprint density at radius 3 is 2.77 bits per heavy atom. The third-order valence-electron chi connectivity index (χ3n) is 4.01. The molecule has 2 N–H and O–H groups in total. The standard InChI is InChI=1S/C12H19N3O6S/c1-12(2)14-7(5-22-12)11(16)13-6-3-19-10-8(21-15(17)18)4-20-9(6)10/h6-10,14H,3-5H2,1-2H3,(H,13,16)/t6-,7?,8-,9?,10+/m0/s1. The zero-order valence-electron chi connectivity index (χ0n) is 12.3. The lowest BCUT2D eigenvalue weighted by atomic mass is 10.1. The summed E-state index contributed by atoms with van der Waals surface area (Å²) in [4.78, 5) is 27.2. The van der Waals surface area contributed by atoms with E-state index < -0.39 is 23.4 Å². The molecule has 22 heavy (non-hydrogen) atoms. The predicted octanol–water partition coefficient (Wildman–Crippen LogP) is -0.713. The Hall–Kier alpha value is -1.10. The van der Waals surface area contributed by atoms with E-state index in [-0.39, 0.29) is 36.1 Å². The Morgan fingerprint density at radius 1 is 1.41 bits per heavy atom. The first-order valence-electron chi connectivity index (χ1n) is 7.12. The highest BCUT2D eigenvalue weighted by Crippen LogP contribution is 2.31. The van der Waals surface area contributed by atoms with Crippen LogP contribution in [0.25, 0.3) is 0 Å². The molecule has 2 unspecified atom stereocenters. The van der Waals surface area contributed by atoms with Crippen LogP contribution in [0.15, 0.2) is 0 Å². The molecule has 3 aliphatic heterocycles. The van der Waals surface area contributed by atoms with Gasteiger partial charge in [-0.1, -0.05) is 0 Å². The molecule has 0 radical (unpaired) electrons. The zero-order chi connectivity index (χ0) is 15.9. The summed E-state index contributed by atoms with van der Waals surface area (Å²) in [7, 11) is 0. The molecule has 3 aliphatic rings. The Morgan fingerprint density at radius 2 is 2.14 bits per heavy atom. The number of fused-ring (bicyclic) bond motifs is 1. The van der Waals surface area contributed by atoms with Gasteiger partial charge in [0.05, 0.1) is 30.2 Å². The summed E-state index contributed by atoms with van der Waals surface area (Å²) in [5.41, 5.74) is 0. The highest BCUT2D eigenvalue weighted by Gasteiger charge is 2.50. The van der Waals surface area contributed by atoms with Crippen LogP contribution < -0.4 is 10.6 Å². The molecule has 3 heterocycles. The van der Waals surface area contributed by atoms with Crippen molar-refractivity contribution in [3.8, 4) is 0 Å². The largest absolute Gasteiger partial charge is 0.371 e. The predicted molar refractivity (Wildman–Crippen MR) is 76.7 cm³/mol. The molecule has 10 heteroatoms. The van der Waals surface area contributed by atoms with E-state index in [1.165, 1.54) is 0 Å². The first kappa shape index (κ1) is 15.8. The Balaban J connectivity index is 1.54. The van der Waals surface area contributed by atoms with Gasteiger partial charge in [0.1, 0.15) is 12.2 Å². The van der Waals surface area contributed by atoms with E-state index in [2.05, 4.69) is 15.5 Å². The molecule has 0 aromatic carbocycles. The molecule has 0 bridgehead atoms. The van der Waals surface area contributed by atoms with Crippen molar-refractivity contribution in [1.82, 2.24) is 10.6 Å². The van der Waals surface area contributed by atoms with Crippen molar-refractivity contribution in [3.63, 3.8) is 0 Å². The van der Waals surface area contributed by atoms with Gasteiger partial charge in [-0.3, -0.25) is 10.1 Å². The first-order valence-corrected chi connectivity index (χ1v) is 8.11. The van der Waals surface area contributed by atoms with Crippen LogP contribution in [0.1, 0.15) is 13.8 Å². The number of carbonyl (C=O) groups excluding carboxylic acids is 1. The molecule has 9 nitrogen and oxygen atoms in total. The van der Waals surface area contributed by atoms with Gasteiger partial charge in [-0.2, -0.15) is 0 Å². The minimum atomic E-state index is -0.840. The fraction of sp³-hybridized carbons (Fsp3) is 0.917. The number of nitrogens with zero attached hydrogens (tertiary/aromatic N) is 1. The SMILES string of the molecule is CC1(C)NC(C(=O)N[C@H]2CO[C@H]3C2OC[C@@H]3O[N+](=O)[O-])CS1. The van der Waals surface area contributed by atoms with E-state index in [1.54, 1.807) is 11.8 Å². The maximum atomic E-state index is 12.3. The lowest BCUT2D eigenvalue weighted by Gasteiger charge is -2.21. The Bertz CT molecular complexity index is 476. The summed E-state index contributed by atoms with van der Waals surface area (Å²) in [5, 5.41) is 15.8. The van der Waals surface area contributed by atoms with Crippen LogP contribution in [0, 0.1) is 10.1 Å². The highest BCUT2D eigenvalue weighted by molar-refractivity contribution is 8.00. The lowest BCUT2D eigenvalue weighted by Crippen LogP contribution is -2.52. The second-order valence-corrected chi connectivity index (χ2v) is 7.74. The van der Waals surface area contributed by atoms with E-state index in [0.29, 0.717) is 5.75 Å². The van der Waals surface area contributed by atoms with E-state index >= 15 is 0 Å². The van der Waals surface area contributed by atoms with Crippen LogP contribution in [-0.4, -0.2) is 65.2 Å². The summed E-state index contributed by atoms with van der Waals surface area (Å²) in [5.74, 6) is 0.601. The third-order valence-corrected chi connectivity index (χ3v) is 5.35. The molecule has 0 aliphatic carbocycles. The van der Waals surface area contributed by atoms with Gasteiger partial charge in [0.25, 0.3) is 5.09 Å². The van der Waals surface area contributed by atoms with Gasteiger partial charge in [0.2, 0.25) is 5.91 Å². The zero-order valence-corrected chi connectivity index (χ0v) is 13.1. The van der Waals surface area contributed by atoms with Crippen LogP contribution in [-0.2, 0) is 19.1 Å². The van der Waals surface area contributed by atoms with Crippen molar-refractivity contribution in [2.45, 2.75) is 49.1 Å². The topological polar surface area (TPSA) is 112 Å². The summed E-state index contributed by atoms with van der Waals surface area (Å²) < 4.78 is 11.0. The average molecular weight is 333 g/mol. The van der Waals surface area contributed by atoms with Crippen molar-refractivity contribution < 1.29 is 24.2 Å². The maximum absolute atomic E-state index is 12.3. The summed E-state index contributed by atoms with van der Waals surface area (Å²) >= 11 is 1.69.